The molecule has 0 aromatic heterocycles. The van der Waals surface area contributed by atoms with Gasteiger partial charge in [-0.05, 0) is 50.0 Å². The molecule has 0 bridgehead atoms. The Labute approximate surface area is 188 Å². The van der Waals surface area contributed by atoms with E-state index in [0.717, 1.165) is 31.4 Å². The van der Waals surface area contributed by atoms with Crippen LogP contribution >= 0.6 is 30.3 Å². The first-order chi connectivity index (χ1) is 13.9. The lowest BCUT2D eigenvalue weighted by atomic mass is 9.96. The van der Waals surface area contributed by atoms with Gasteiger partial charge in [0.05, 0.1) is 12.1 Å². The van der Waals surface area contributed by atoms with Crippen LogP contribution in [0.3, 0.4) is 0 Å². The van der Waals surface area contributed by atoms with E-state index in [1.54, 1.807) is 14.0 Å². The Kier molecular flexibility index (Phi) is 10.3. The van der Waals surface area contributed by atoms with Crippen molar-refractivity contribution in [2.75, 3.05) is 19.5 Å². The van der Waals surface area contributed by atoms with Crippen molar-refractivity contribution in [1.82, 2.24) is 8.38 Å². The second-order valence-corrected chi connectivity index (χ2v) is 13.3. The molecule has 10 heteroatoms. The van der Waals surface area contributed by atoms with E-state index in [0.29, 0.717) is 11.2 Å². The van der Waals surface area contributed by atoms with Gasteiger partial charge in [0, 0.05) is 19.3 Å². The molecule has 1 amide bonds. The summed E-state index contributed by atoms with van der Waals surface area (Å²) in [5.74, 6) is 0.768. The highest BCUT2D eigenvalue weighted by molar-refractivity contribution is 8.17. The number of nitrogens with zero attached hydrogens (tertiary/aromatic N) is 3. The highest BCUT2D eigenvalue weighted by Gasteiger charge is 2.37. The third-order valence-corrected chi connectivity index (χ3v) is 11.2. The van der Waals surface area contributed by atoms with Crippen molar-refractivity contribution < 1.29 is 14.2 Å². The summed E-state index contributed by atoms with van der Waals surface area (Å²) < 4.78 is 10.0. The molecular formula is C19H30N3O3PS3. The zero-order valence-electron chi connectivity index (χ0n) is 17.4. The van der Waals surface area contributed by atoms with Gasteiger partial charge < -0.3 is 4.52 Å². The third-order valence-electron chi connectivity index (χ3n) is 4.59. The Balaban J connectivity index is 2.21. The lowest BCUT2D eigenvalue weighted by molar-refractivity contribution is 0.136. The molecule has 0 aliphatic heterocycles. The fraction of sp³-hybridized carbons (Fsp3) is 0.579. The molecule has 6 nitrogen and oxygen atoms in total. The molecule has 1 aromatic rings. The van der Waals surface area contributed by atoms with Gasteiger partial charge in [-0.1, -0.05) is 49.5 Å². The highest BCUT2D eigenvalue weighted by Crippen LogP contribution is 2.57. The van der Waals surface area contributed by atoms with Gasteiger partial charge in [-0.25, -0.2) is 9.10 Å². The molecule has 1 saturated carbocycles. The van der Waals surface area contributed by atoms with E-state index in [4.69, 9.17) is 21.2 Å². The van der Waals surface area contributed by atoms with Crippen molar-refractivity contribution in [3.63, 3.8) is 0 Å². The number of thioether (sulfide) groups is 1. The van der Waals surface area contributed by atoms with E-state index < -0.39 is 12.5 Å². The molecule has 162 valence electrons. The molecular weight excluding hydrogens is 445 g/mol. The average Bonchev–Trinajstić information content (AvgIpc) is 2.76. The standard InChI is InChI=1S/C19H30N3O3PS3/c1-5-26(27,25-18-14-10-7-11-15-18)22(17-12-8-6-9-13-17)29-21(3)19(23)24-20-16(2)28-4/h7,10-11,14-15,17H,5-6,8-9,12-13H2,1-4H3. The quantitative estimate of drug-likeness (QED) is 0.108. The summed E-state index contributed by atoms with van der Waals surface area (Å²) in [5.41, 5.74) is 0. The molecule has 0 spiro atoms. The third kappa shape index (κ3) is 7.47. The Morgan fingerprint density at radius 3 is 2.52 bits per heavy atom. The van der Waals surface area contributed by atoms with Crippen LogP contribution in [0.1, 0.15) is 46.0 Å². The maximum atomic E-state index is 12.4. The molecule has 1 fully saturated rings. The summed E-state index contributed by atoms with van der Waals surface area (Å²) >= 11 is 8.84. The van der Waals surface area contributed by atoms with Crippen LogP contribution in [0.2, 0.25) is 0 Å². The number of rotatable bonds is 8. The smallest absolute Gasteiger partial charge is 0.446 e. The fourth-order valence-electron chi connectivity index (χ4n) is 2.92. The van der Waals surface area contributed by atoms with Gasteiger partial charge in [-0.2, -0.15) is 4.08 Å². The van der Waals surface area contributed by atoms with Gasteiger partial charge >= 0.3 is 6.09 Å². The molecule has 0 saturated heterocycles. The average molecular weight is 476 g/mol. The summed E-state index contributed by atoms with van der Waals surface area (Å²) in [4.78, 5) is 17.5. The van der Waals surface area contributed by atoms with Crippen molar-refractivity contribution >= 4 is 53.3 Å². The molecule has 2 rings (SSSR count). The van der Waals surface area contributed by atoms with Crippen LogP contribution in [0.5, 0.6) is 5.75 Å². The fourth-order valence-corrected chi connectivity index (χ4v) is 7.54. The minimum atomic E-state index is -2.40. The highest BCUT2D eigenvalue weighted by atomic mass is 32.5. The summed E-state index contributed by atoms with van der Waals surface area (Å²) in [5, 5.41) is 4.53. The largest absolute Gasteiger partial charge is 0.452 e. The Bertz CT molecular complexity index is 730. The molecule has 1 unspecified atom stereocenters. The first-order valence-corrected chi connectivity index (χ1v) is 14.6. The molecule has 0 N–H and O–H groups in total. The predicted octanol–water partition coefficient (Wildman–Crippen LogP) is 6.36. The number of amides is 1. The van der Waals surface area contributed by atoms with Gasteiger partial charge in [0.25, 0.3) is 0 Å². The normalized spacial score (nSPS) is 17.6. The Morgan fingerprint density at radius 1 is 1.28 bits per heavy atom. The van der Waals surface area contributed by atoms with E-state index >= 15 is 0 Å². The van der Waals surface area contributed by atoms with Crippen molar-refractivity contribution in [1.29, 1.82) is 0 Å². The number of hydrogen-bond acceptors (Lipinski definition) is 7. The van der Waals surface area contributed by atoms with Crippen LogP contribution in [-0.2, 0) is 16.6 Å². The molecule has 1 atom stereocenters. The van der Waals surface area contributed by atoms with Crippen LogP contribution < -0.4 is 4.52 Å². The maximum absolute atomic E-state index is 12.4. The lowest BCUT2D eigenvalue weighted by Gasteiger charge is -2.40. The minimum Gasteiger partial charge on any atom is -0.452 e. The SMILES string of the molecule is CCP(=S)(Oc1ccccc1)N(SN(C)C(=O)ON=C(C)SC)C1CCCCC1. The summed E-state index contributed by atoms with van der Waals surface area (Å²) in [7, 11) is 1.69. The van der Waals surface area contributed by atoms with E-state index in [2.05, 4.69) is 16.2 Å². The summed E-state index contributed by atoms with van der Waals surface area (Å²) in [6.45, 7) is 3.86. The number of carbonyl (C=O) groups is 1. The van der Waals surface area contributed by atoms with E-state index in [-0.39, 0.29) is 6.04 Å². The zero-order chi connectivity index (χ0) is 21.3. The van der Waals surface area contributed by atoms with Gasteiger partial charge in [0.2, 0.25) is 0 Å². The second-order valence-electron chi connectivity index (χ2n) is 6.70. The molecule has 0 radical (unpaired) electrons. The van der Waals surface area contributed by atoms with Gasteiger partial charge in [-0.15, -0.1) is 11.8 Å². The number of hydrogen-bond donors (Lipinski definition) is 0. The van der Waals surface area contributed by atoms with Gasteiger partial charge in [-0.3, -0.25) is 4.84 Å². The van der Waals surface area contributed by atoms with E-state index in [1.807, 2.05) is 36.6 Å². The Morgan fingerprint density at radius 2 is 1.93 bits per heavy atom. The molecule has 1 aromatic carbocycles. The van der Waals surface area contributed by atoms with Crippen molar-refractivity contribution in [3.8, 4) is 5.75 Å². The Hall–Kier alpha value is -0.730. The van der Waals surface area contributed by atoms with Crippen LogP contribution in [0, 0.1) is 0 Å². The summed E-state index contributed by atoms with van der Waals surface area (Å²) in [6, 6.07) is 9.97. The van der Waals surface area contributed by atoms with Crippen LogP contribution in [-0.4, -0.2) is 45.0 Å². The lowest BCUT2D eigenvalue weighted by Crippen LogP contribution is -2.35. The molecule has 1 aliphatic carbocycles. The summed E-state index contributed by atoms with van der Waals surface area (Å²) in [6.07, 6.45) is 5.33. The van der Waals surface area contributed by atoms with Gasteiger partial charge in [0.15, 0.2) is 6.42 Å². The second kappa shape index (κ2) is 12.2. The number of carbonyl (C=O) groups excluding carboxylic acids is 1. The monoisotopic (exact) mass is 475 g/mol. The molecule has 0 heterocycles. The van der Waals surface area contributed by atoms with Crippen LogP contribution in [0.4, 0.5) is 4.79 Å². The molecule has 1 aliphatic rings. The van der Waals surface area contributed by atoms with Crippen LogP contribution in [0.15, 0.2) is 35.5 Å². The van der Waals surface area contributed by atoms with Crippen molar-refractivity contribution in [3.05, 3.63) is 30.3 Å². The first kappa shape index (κ1) is 24.5. The van der Waals surface area contributed by atoms with E-state index in [1.165, 1.54) is 34.6 Å². The first-order valence-electron chi connectivity index (χ1n) is 9.74. The van der Waals surface area contributed by atoms with Crippen molar-refractivity contribution in [2.24, 2.45) is 5.16 Å². The number of para-hydroxylation sites is 1. The minimum absolute atomic E-state index is 0.273. The maximum Gasteiger partial charge on any atom is 0.446 e. The number of oxime groups is 1. The zero-order valence-corrected chi connectivity index (χ0v) is 20.8. The predicted molar refractivity (Wildman–Crippen MR) is 129 cm³/mol. The topological polar surface area (TPSA) is 54.4 Å². The van der Waals surface area contributed by atoms with Crippen LogP contribution in [0.25, 0.3) is 0 Å². The van der Waals surface area contributed by atoms with Gasteiger partial charge in [0.1, 0.15) is 10.8 Å². The van der Waals surface area contributed by atoms with E-state index in [9.17, 15) is 4.79 Å². The molecule has 29 heavy (non-hydrogen) atoms. The number of benzene rings is 1. The van der Waals surface area contributed by atoms with Crippen molar-refractivity contribution in [2.45, 2.75) is 52.0 Å².